The number of amides is 1. The molecule has 0 radical (unpaired) electrons. The summed E-state index contributed by atoms with van der Waals surface area (Å²) in [6, 6.07) is 22.6. The van der Waals surface area contributed by atoms with Crippen LogP contribution in [0.15, 0.2) is 78.3 Å². The molecular formula is C31H30N2O3S. The van der Waals surface area contributed by atoms with Gasteiger partial charge in [-0.05, 0) is 65.4 Å². The molecule has 0 saturated heterocycles. The van der Waals surface area contributed by atoms with Gasteiger partial charge in [-0.1, -0.05) is 61.7 Å². The van der Waals surface area contributed by atoms with Gasteiger partial charge in [0.25, 0.3) is 0 Å². The molecule has 0 N–H and O–H groups in total. The number of ether oxygens (including phenoxy) is 1. The third kappa shape index (κ3) is 5.97. The lowest BCUT2D eigenvalue weighted by Gasteiger charge is -2.30. The maximum Gasteiger partial charge on any atom is 0.330 e. The summed E-state index contributed by atoms with van der Waals surface area (Å²) in [5.74, 6) is -0.183. The maximum atomic E-state index is 13.7. The highest BCUT2D eigenvalue weighted by molar-refractivity contribution is 7.16. The molecule has 0 unspecified atom stereocenters. The highest BCUT2D eigenvalue weighted by Crippen LogP contribution is 2.30. The first kappa shape index (κ1) is 24.9. The second kappa shape index (κ2) is 11.5. The van der Waals surface area contributed by atoms with Crippen LogP contribution in [0.5, 0.6) is 0 Å². The lowest BCUT2D eigenvalue weighted by molar-refractivity contribution is -0.134. The highest BCUT2D eigenvalue weighted by Gasteiger charge is 2.27. The van der Waals surface area contributed by atoms with Gasteiger partial charge in [-0.3, -0.25) is 4.79 Å². The predicted octanol–water partition coefficient (Wildman–Crippen LogP) is 7.26. The Hall–Kier alpha value is -3.77. The molecule has 1 aromatic heterocycles. The maximum absolute atomic E-state index is 13.7. The monoisotopic (exact) mass is 510 g/mol. The van der Waals surface area contributed by atoms with Crippen molar-refractivity contribution in [1.82, 2.24) is 4.98 Å². The minimum Gasteiger partial charge on any atom is -0.466 e. The smallest absolute Gasteiger partial charge is 0.330 e. The number of anilines is 1. The van der Waals surface area contributed by atoms with Crippen LogP contribution in [0, 0.1) is 5.92 Å². The van der Waals surface area contributed by atoms with Crippen molar-refractivity contribution in [3.63, 3.8) is 0 Å². The summed E-state index contributed by atoms with van der Waals surface area (Å²) in [4.78, 5) is 31.6. The van der Waals surface area contributed by atoms with Crippen LogP contribution < -0.4 is 4.90 Å². The zero-order chi connectivity index (χ0) is 25.6. The number of aromatic nitrogens is 1. The number of fused-ring (bicyclic) bond motifs is 1. The Morgan fingerprint density at radius 1 is 1.00 bits per heavy atom. The van der Waals surface area contributed by atoms with E-state index < -0.39 is 5.97 Å². The Bertz CT molecular complexity index is 1420. The van der Waals surface area contributed by atoms with Crippen LogP contribution in [0.1, 0.15) is 43.2 Å². The van der Waals surface area contributed by atoms with Crippen LogP contribution in [-0.4, -0.2) is 24.0 Å². The topological polar surface area (TPSA) is 59.5 Å². The van der Waals surface area contributed by atoms with Gasteiger partial charge in [0.2, 0.25) is 5.91 Å². The molecule has 1 aliphatic rings. The molecule has 0 spiro atoms. The lowest BCUT2D eigenvalue weighted by Crippen LogP contribution is -2.36. The molecule has 6 heteroatoms. The van der Waals surface area contributed by atoms with E-state index in [4.69, 9.17) is 4.74 Å². The van der Waals surface area contributed by atoms with Gasteiger partial charge in [0.05, 0.1) is 29.4 Å². The molecule has 0 bridgehead atoms. The number of methoxy groups -OCH3 is 1. The van der Waals surface area contributed by atoms with Gasteiger partial charge in [0, 0.05) is 17.7 Å². The molecule has 0 atom stereocenters. The molecular weight excluding hydrogens is 480 g/mol. The third-order valence-corrected chi connectivity index (χ3v) is 7.77. The van der Waals surface area contributed by atoms with Crippen molar-refractivity contribution < 1.29 is 14.3 Å². The van der Waals surface area contributed by atoms with E-state index in [1.54, 1.807) is 17.4 Å². The van der Waals surface area contributed by atoms with Gasteiger partial charge in [-0.25, -0.2) is 9.78 Å². The number of esters is 1. The molecule has 188 valence electrons. The summed E-state index contributed by atoms with van der Waals surface area (Å²) in [5.41, 5.74) is 7.94. The van der Waals surface area contributed by atoms with Gasteiger partial charge >= 0.3 is 5.97 Å². The van der Waals surface area contributed by atoms with Crippen molar-refractivity contribution >= 4 is 45.2 Å². The Morgan fingerprint density at radius 2 is 1.78 bits per heavy atom. The molecule has 1 fully saturated rings. The largest absolute Gasteiger partial charge is 0.466 e. The van der Waals surface area contributed by atoms with E-state index in [2.05, 4.69) is 47.4 Å². The number of hydrogen-bond donors (Lipinski definition) is 0. The normalized spacial score (nSPS) is 14.2. The van der Waals surface area contributed by atoms with E-state index in [1.165, 1.54) is 24.3 Å². The van der Waals surface area contributed by atoms with Crippen molar-refractivity contribution in [3.8, 4) is 11.1 Å². The minimum atomic E-state index is -0.407. The zero-order valence-corrected chi connectivity index (χ0v) is 21.7. The Morgan fingerprint density at radius 3 is 2.57 bits per heavy atom. The number of benzene rings is 3. The first-order valence-electron chi connectivity index (χ1n) is 12.7. The van der Waals surface area contributed by atoms with E-state index in [1.807, 2.05) is 34.7 Å². The van der Waals surface area contributed by atoms with Crippen LogP contribution in [0.2, 0.25) is 0 Å². The van der Waals surface area contributed by atoms with Crippen LogP contribution in [0.25, 0.3) is 27.4 Å². The minimum absolute atomic E-state index is 0.0495. The summed E-state index contributed by atoms with van der Waals surface area (Å²) >= 11 is 1.64. The van der Waals surface area contributed by atoms with Crippen molar-refractivity contribution in [1.29, 1.82) is 0 Å². The van der Waals surface area contributed by atoms with E-state index >= 15 is 0 Å². The number of rotatable bonds is 7. The van der Waals surface area contributed by atoms with Crippen LogP contribution >= 0.6 is 11.3 Å². The number of carbonyl (C=O) groups is 2. The molecule has 5 rings (SSSR count). The summed E-state index contributed by atoms with van der Waals surface area (Å²) < 4.78 is 5.89. The van der Waals surface area contributed by atoms with E-state index in [9.17, 15) is 9.59 Å². The summed E-state index contributed by atoms with van der Waals surface area (Å²) in [6.07, 6.45) is 8.40. The van der Waals surface area contributed by atoms with Crippen molar-refractivity contribution in [2.45, 2.75) is 38.6 Å². The second-order valence-corrected chi connectivity index (χ2v) is 10.3. The molecule has 3 aromatic carbocycles. The average Bonchev–Trinajstić information content (AvgIpc) is 3.43. The average molecular weight is 511 g/mol. The third-order valence-electron chi connectivity index (χ3n) is 6.97. The van der Waals surface area contributed by atoms with Crippen molar-refractivity contribution in [2.24, 2.45) is 5.92 Å². The molecule has 0 aliphatic heterocycles. The molecule has 1 heterocycles. The van der Waals surface area contributed by atoms with Gasteiger partial charge in [0.1, 0.15) is 0 Å². The molecule has 37 heavy (non-hydrogen) atoms. The number of nitrogens with zero attached hydrogens (tertiary/aromatic N) is 2. The van der Waals surface area contributed by atoms with Gasteiger partial charge in [-0.2, -0.15) is 0 Å². The molecule has 1 saturated carbocycles. The number of carbonyl (C=O) groups excluding carboxylic acids is 2. The van der Waals surface area contributed by atoms with Crippen LogP contribution in [0.4, 0.5) is 5.69 Å². The lowest BCUT2D eigenvalue weighted by atomic mass is 9.88. The Labute approximate surface area is 221 Å². The fourth-order valence-electron chi connectivity index (χ4n) is 4.91. The predicted molar refractivity (Wildman–Crippen MR) is 150 cm³/mol. The fraction of sp³-hybridized carbons (Fsp3) is 0.258. The van der Waals surface area contributed by atoms with Crippen LogP contribution in [0.3, 0.4) is 0 Å². The van der Waals surface area contributed by atoms with Gasteiger partial charge in [0.15, 0.2) is 0 Å². The van der Waals surface area contributed by atoms with Gasteiger partial charge in [-0.15, -0.1) is 11.3 Å². The SMILES string of the molecule is COC(=O)C=Cc1cccc(N(Cc2ccc(-c3ccc4ncsc4c3)cc2)C(=O)C2CCCCC2)c1. The standard InChI is InChI=1S/C31H30N2O3S/c1-36-30(34)17-12-22-6-5-9-27(18-22)33(31(35)25-7-3-2-4-8-25)20-23-10-13-24(14-11-23)26-15-16-28-29(19-26)37-21-32-28/h5-6,9-19,21,25H,2-4,7-8,20H2,1H3. The molecule has 4 aromatic rings. The molecule has 1 aliphatic carbocycles. The van der Waals surface area contributed by atoms with E-state index in [0.29, 0.717) is 6.54 Å². The highest BCUT2D eigenvalue weighted by atomic mass is 32.1. The Balaban J connectivity index is 1.41. The molecule has 5 nitrogen and oxygen atoms in total. The first-order valence-corrected chi connectivity index (χ1v) is 13.6. The number of thiazole rings is 1. The van der Waals surface area contributed by atoms with Crippen molar-refractivity contribution in [2.75, 3.05) is 12.0 Å². The Kier molecular flexibility index (Phi) is 7.76. The van der Waals surface area contributed by atoms with Gasteiger partial charge < -0.3 is 9.64 Å². The fourth-order valence-corrected chi connectivity index (χ4v) is 5.63. The molecule has 1 amide bonds. The quantitative estimate of drug-likeness (QED) is 0.194. The van der Waals surface area contributed by atoms with E-state index in [-0.39, 0.29) is 11.8 Å². The second-order valence-electron chi connectivity index (χ2n) is 9.44. The number of hydrogen-bond acceptors (Lipinski definition) is 5. The van der Waals surface area contributed by atoms with E-state index in [0.717, 1.165) is 59.1 Å². The van der Waals surface area contributed by atoms with Crippen molar-refractivity contribution in [3.05, 3.63) is 89.4 Å². The van der Waals surface area contributed by atoms with Crippen LogP contribution in [-0.2, 0) is 20.9 Å². The summed E-state index contributed by atoms with van der Waals surface area (Å²) in [6.45, 7) is 0.494. The summed E-state index contributed by atoms with van der Waals surface area (Å²) in [7, 11) is 1.36. The first-order chi connectivity index (χ1) is 18.1. The summed E-state index contributed by atoms with van der Waals surface area (Å²) in [5, 5.41) is 0. The zero-order valence-electron chi connectivity index (χ0n) is 20.9.